The third kappa shape index (κ3) is 5.96. The Balaban J connectivity index is 1.41. The van der Waals surface area contributed by atoms with E-state index in [2.05, 4.69) is 30.8 Å². The van der Waals surface area contributed by atoms with Crippen molar-refractivity contribution in [3.63, 3.8) is 0 Å². The Kier molecular flexibility index (Phi) is 7.54. The molecule has 4 aromatic rings. The van der Waals surface area contributed by atoms with Gasteiger partial charge in [-0.15, -0.1) is 11.3 Å². The number of ether oxygens (including phenoxy) is 2. The maximum absolute atomic E-state index is 12.6. The van der Waals surface area contributed by atoms with Crippen molar-refractivity contribution in [1.29, 1.82) is 0 Å². The van der Waals surface area contributed by atoms with Crippen molar-refractivity contribution in [3.8, 4) is 5.75 Å². The summed E-state index contributed by atoms with van der Waals surface area (Å²) in [5.41, 5.74) is 2.16. The van der Waals surface area contributed by atoms with Crippen LogP contribution in [0, 0.1) is 5.92 Å². The van der Waals surface area contributed by atoms with Crippen molar-refractivity contribution in [2.75, 3.05) is 26.0 Å². The molecule has 1 aromatic carbocycles. The summed E-state index contributed by atoms with van der Waals surface area (Å²) >= 11 is 1.63. The number of rotatable bonds is 7. The van der Waals surface area contributed by atoms with Crippen LogP contribution in [0.4, 0.5) is 16.3 Å². The number of carbonyl (C=O) groups excluding carboxylic acids is 2. The van der Waals surface area contributed by atoms with Gasteiger partial charge in [-0.05, 0) is 58.6 Å². The fraction of sp³-hybridized carbons (Fsp3) is 0.464. The standard InChI is InChI=1S/C28H35N7O4S/c1-15(12-29-27(37)39-28(2,3)4)38-21-11-19-17(13-32-34-19)9-20(21)33-24-23-18-8-7-16(26(36)35(5)6)10-22(18)40-25(23)31-14-30-24/h9,11,13-16H,7-8,10,12H2,1-6H3,(H,29,37)(H,32,34)(H,30,31,33)/t15-,16+/m1/s1. The number of benzene rings is 1. The highest BCUT2D eigenvalue weighted by molar-refractivity contribution is 7.19. The number of amides is 2. The summed E-state index contributed by atoms with van der Waals surface area (Å²) in [6, 6.07) is 3.84. The van der Waals surface area contributed by atoms with Crippen LogP contribution in [0.15, 0.2) is 24.7 Å². The first-order valence-corrected chi connectivity index (χ1v) is 14.1. The number of anilines is 2. The van der Waals surface area contributed by atoms with E-state index in [1.165, 1.54) is 10.4 Å². The number of hydrogen-bond donors (Lipinski definition) is 3. The Labute approximate surface area is 236 Å². The molecule has 0 spiro atoms. The van der Waals surface area contributed by atoms with E-state index in [1.807, 2.05) is 39.8 Å². The highest BCUT2D eigenvalue weighted by Crippen LogP contribution is 2.42. The Morgan fingerprint density at radius 3 is 2.80 bits per heavy atom. The molecule has 1 aliphatic rings. The van der Waals surface area contributed by atoms with Gasteiger partial charge in [-0.3, -0.25) is 9.89 Å². The number of aryl methyl sites for hydroxylation is 1. The zero-order valence-corrected chi connectivity index (χ0v) is 24.4. The average Bonchev–Trinajstić information content (AvgIpc) is 3.49. The van der Waals surface area contributed by atoms with Crippen molar-refractivity contribution >= 4 is 56.0 Å². The topological polar surface area (TPSA) is 134 Å². The molecule has 2 amide bonds. The predicted molar refractivity (Wildman–Crippen MR) is 155 cm³/mol. The molecular formula is C28H35N7O4S. The van der Waals surface area contributed by atoms with Crippen molar-refractivity contribution < 1.29 is 19.1 Å². The summed E-state index contributed by atoms with van der Waals surface area (Å²) in [7, 11) is 3.61. The minimum absolute atomic E-state index is 0.0146. The van der Waals surface area contributed by atoms with Gasteiger partial charge in [0.2, 0.25) is 5.91 Å². The van der Waals surface area contributed by atoms with E-state index in [1.54, 1.807) is 42.9 Å². The lowest BCUT2D eigenvalue weighted by molar-refractivity contribution is -0.133. The van der Waals surface area contributed by atoms with Crippen molar-refractivity contribution in [2.24, 2.45) is 5.92 Å². The molecule has 0 saturated carbocycles. The molecule has 12 heteroatoms. The number of fused-ring (bicyclic) bond motifs is 4. The van der Waals surface area contributed by atoms with Crippen LogP contribution in [0.25, 0.3) is 21.1 Å². The second kappa shape index (κ2) is 10.9. The Morgan fingerprint density at radius 2 is 2.05 bits per heavy atom. The summed E-state index contributed by atoms with van der Waals surface area (Å²) < 4.78 is 11.6. The highest BCUT2D eigenvalue weighted by Gasteiger charge is 2.30. The minimum Gasteiger partial charge on any atom is -0.487 e. The number of carbonyl (C=O) groups is 2. The molecule has 2 atom stereocenters. The van der Waals surface area contributed by atoms with Gasteiger partial charge in [-0.25, -0.2) is 14.8 Å². The molecule has 5 rings (SSSR count). The summed E-state index contributed by atoms with van der Waals surface area (Å²) in [5, 5.41) is 15.3. The number of aromatic amines is 1. The minimum atomic E-state index is -0.580. The molecule has 3 N–H and O–H groups in total. The maximum atomic E-state index is 12.6. The van der Waals surface area contributed by atoms with Crippen molar-refractivity contribution in [3.05, 3.63) is 35.1 Å². The van der Waals surface area contributed by atoms with Crippen LogP contribution in [0.5, 0.6) is 5.75 Å². The molecule has 0 fully saturated rings. The molecule has 3 heterocycles. The van der Waals surface area contributed by atoms with E-state index in [9.17, 15) is 9.59 Å². The van der Waals surface area contributed by atoms with E-state index in [4.69, 9.17) is 9.47 Å². The van der Waals surface area contributed by atoms with Crippen LogP contribution in [0.3, 0.4) is 0 Å². The normalized spacial score (nSPS) is 15.9. The number of nitrogens with zero attached hydrogens (tertiary/aromatic N) is 4. The van der Waals surface area contributed by atoms with E-state index in [-0.39, 0.29) is 24.5 Å². The zero-order valence-electron chi connectivity index (χ0n) is 23.6. The predicted octanol–water partition coefficient (Wildman–Crippen LogP) is 4.80. The van der Waals surface area contributed by atoms with E-state index < -0.39 is 11.7 Å². The quantitative estimate of drug-likeness (QED) is 0.291. The van der Waals surface area contributed by atoms with Gasteiger partial charge in [0.05, 0.1) is 29.3 Å². The lowest BCUT2D eigenvalue weighted by atomic mass is 9.87. The molecular weight excluding hydrogens is 530 g/mol. The summed E-state index contributed by atoms with van der Waals surface area (Å²) in [6.07, 6.45) is 4.76. The summed E-state index contributed by atoms with van der Waals surface area (Å²) in [6.45, 7) is 7.60. The molecule has 0 saturated heterocycles. The van der Waals surface area contributed by atoms with Crippen molar-refractivity contribution in [2.45, 2.75) is 58.7 Å². The van der Waals surface area contributed by atoms with Crippen LogP contribution >= 0.6 is 11.3 Å². The molecule has 3 aromatic heterocycles. The van der Waals surface area contributed by atoms with Crippen LogP contribution in [-0.2, 0) is 22.4 Å². The van der Waals surface area contributed by atoms with Crippen LogP contribution in [-0.4, -0.2) is 69.4 Å². The van der Waals surface area contributed by atoms with Gasteiger partial charge in [-0.2, -0.15) is 5.10 Å². The number of nitrogens with one attached hydrogen (secondary N) is 3. The Bertz CT molecular complexity index is 1560. The zero-order chi connectivity index (χ0) is 28.6. The van der Waals surface area contributed by atoms with Gasteiger partial charge >= 0.3 is 6.09 Å². The second-order valence-electron chi connectivity index (χ2n) is 11.3. The van der Waals surface area contributed by atoms with Crippen LogP contribution < -0.4 is 15.4 Å². The number of H-pyrrole nitrogens is 1. The van der Waals surface area contributed by atoms with E-state index in [0.29, 0.717) is 18.0 Å². The van der Waals surface area contributed by atoms with Gasteiger partial charge in [-0.1, -0.05) is 0 Å². The van der Waals surface area contributed by atoms with Gasteiger partial charge in [0, 0.05) is 36.3 Å². The smallest absolute Gasteiger partial charge is 0.407 e. The summed E-state index contributed by atoms with van der Waals surface area (Å²) in [5.74, 6) is 1.42. The van der Waals surface area contributed by atoms with Gasteiger partial charge in [0.25, 0.3) is 0 Å². The molecule has 1 aliphatic carbocycles. The van der Waals surface area contributed by atoms with E-state index >= 15 is 0 Å². The first-order chi connectivity index (χ1) is 19.0. The Hall–Kier alpha value is -3.93. The SMILES string of the molecule is C[C@H](CNC(=O)OC(C)(C)C)Oc1cc2[nH]ncc2cc1Nc1ncnc2sc3c(c12)CC[C@H](C(=O)N(C)C)C3. The fourth-order valence-electron chi connectivity index (χ4n) is 4.87. The number of hydrogen-bond acceptors (Lipinski definition) is 9. The molecule has 11 nitrogen and oxygen atoms in total. The van der Waals surface area contributed by atoms with Crippen LogP contribution in [0.2, 0.25) is 0 Å². The van der Waals surface area contributed by atoms with E-state index in [0.717, 1.165) is 39.6 Å². The third-order valence-electron chi connectivity index (χ3n) is 6.69. The van der Waals surface area contributed by atoms with Gasteiger partial charge in [0.15, 0.2) is 0 Å². The first-order valence-electron chi connectivity index (χ1n) is 13.3. The molecule has 0 radical (unpaired) electrons. The first kappa shape index (κ1) is 27.6. The van der Waals surface area contributed by atoms with Crippen LogP contribution in [0.1, 0.15) is 44.6 Å². The molecule has 40 heavy (non-hydrogen) atoms. The molecule has 0 aliphatic heterocycles. The largest absolute Gasteiger partial charge is 0.487 e. The number of aromatic nitrogens is 4. The summed E-state index contributed by atoms with van der Waals surface area (Å²) in [4.78, 5) is 37.6. The third-order valence-corrected chi connectivity index (χ3v) is 7.85. The average molecular weight is 566 g/mol. The lowest BCUT2D eigenvalue weighted by Crippen LogP contribution is -2.37. The number of thiophene rings is 1. The fourth-order valence-corrected chi connectivity index (χ4v) is 6.14. The highest BCUT2D eigenvalue weighted by atomic mass is 32.1. The molecule has 212 valence electrons. The molecule has 0 bridgehead atoms. The second-order valence-corrected chi connectivity index (χ2v) is 12.4. The lowest BCUT2D eigenvalue weighted by Gasteiger charge is -2.24. The molecule has 0 unspecified atom stereocenters. The van der Waals surface area contributed by atoms with Crippen molar-refractivity contribution in [1.82, 2.24) is 30.4 Å². The Morgan fingerprint density at radius 1 is 1.25 bits per heavy atom. The van der Waals surface area contributed by atoms with Gasteiger partial charge in [0.1, 0.15) is 34.4 Å². The number of alkyl carbamates (subject to hydrolysis) is 1. The maximum Gasteiger partial charge on any atom is 0.407 e. The van der Waals surface area contributed by atoms with Gasteiger partial charge < -0.3 is 25.0 Å². The monoisotopic (exact) mass is 565 g/mol.